The van der Waals surface area contributed by atoms with Crippen LogP contribution in [0, 0.1) is 5.41 Å². The number of aliphatic imine (C=N–C) groups is 1. The fraction of sp³-hybridized carbons (Fsp3) is 0.900. The molecular formula is C20H42N5O3P. The minimum atomic E-state index is -3.01. The van der Waals surface area contributed by atoms with Gasteiger partial charge in [-0.25, -0.2) is 4.67 Å². The predicted molar refractivity (Wildman–Crippen MR) is 120 cm³/mol. The number of nitrogens with two attached hydrogens (primary N) is 2. The largest absolute Gasteiger partial charge is 0.370 e. The molecule has 0 bridgehead atoms. The molecule has 1 atom stereocenters. The van der Waals surface area contributed by atoms with Crippen LogP contribution in [0.4, 0.5) is 0 Å². The molecule has 1 amide bonds. The number of carbonyl (C=O) groups excluding carboxylic acids is 1. The topological polar surface area (TPSA) is 114 Å². The second-order valence-corrected chi connectivity index (χ2v) is 13.2. The van der Waals surface area contributed by atoms with E-state index >= 15 is 0 Å². The normalized spacial score (nSPS) is 18.3. The summed E-state index contributed by atoms with van der Waals surface area (Å²) in [6.45, 7) is 15.5. The van der Waals surface area contributed by atoms with Crippen LogP contribution in [-0.4, -0.2) is 65.9 Å². The van der Waals surface area contributed by atoms with E-state index in [1.165, 1.54) is 0 Å². The van der Waals surface area contributed by atoms with Crippen molar-refractivity contribution >= 4 is 19.4 Å². The van der Waals surface area contributed by atoms with E-state index in [2.05, 4.69) is 25.8 Å². The van der Waals surface area contributed by atoms with Gasteiger partial charge >= 0.3 is 0 Å². The molecule has 0 aromatic rings. The van der Waals surface area contributed by atoms with Crippen molar-refractivity contribution < 1.29 is 13.9 Å². The minimum absolute atomic E-state index is 0.0557. The molecule has 9 heteroatoms. The van der Waals surface area contributed by atoms with Gasteiger partial charge in [-0.05, 0) is 39.0 Å². The Labute approximate surface area is 176 Å². The average Bonchev–Trinajstić information content (AvgIpc) is 2.60. The van der Waals surface area contributed by atoms with Crippen LogP contribution in [0.3, 0.4) is 0 Å². The summed E-state index contributed by atoms with van der Waals surface area (Å²) in [5, 5.41) is -0.472. The number of piperazine rings is 1. The van der Waals surface area contributed by atoms with Gasteiger partial charge < -0.3 is 20.9 Å². The van der Waals surface area contributed by atoms with E-state index in [4.69, 9.17) is 16.0 Å². The van der Waals surface area contributed by atoms with Crippen LogP contribution < -0.4 is 11.5 Å². The van der Waals surface area contributed by atoms with Crippen molar-refractivity contribution in [3.05, 3.63) is 0 Å². The molecular weight excluding hydrogens is 389 g/mol. The number of hydrogen-bond donors (Lipinski definition) is 2. The number of carbonyl (C=O) groups is 1. The van der Waals surface area contributed by atoms with Gasteiger partial charge in [-0.2, -0.15) is 0 Å². The number of nitrogens with zero attached hydrogens (tertiary/aromatic N) is 3. The summed E-state index contributed by atoms with van der Waals surface area (Å²) < 4.78 is 21.8. The highest BCUT2D eigenvalue weighted by molar-refractivity contribution is 7.58. The molecule has 0 aromatic heterocycles. The SMILES string of the molecule is CC(C)(C)COP(=O)(N1CCN(C(=O)CCCCCN=C(N)N)CC1)C(C)(C)C. The highest BCUT2D eigenvalue weighted by Crippen LogP contribution is 2.62. The zero-order chi connectivity index (χ0) is 22.3. The lowest BCUT2D eigenvalue weighted by atomic mass is 9.99. The Hall–Kier alpha value is -1.11. The first-order valence-electron chi connectivity index (χ1n) is 10.6. The number of hydrogen-bond acceptors (Lipinski definition) is 4. The summed E-state index contributed by atoms with van der Waals surface area (Å²) >= 11 is 0. The molecule has 1 aliphatic rings. The van der Waals surface area contributed by atoms with E-state index < -0.39 is 12.7 Å². The van der Waals surface area contributed by atoms with Crippen molar-refractivity contribution in [1.82, 2.24) is 9.57 Å². The zero-order valence-electron chi connectivity index (χ0n) is 19.2. The van der Waals surface area contributed by atoms with Crippen molar-refractivity contribution in [2.75, 3.05) is 39.3 Å². The molecule has 4 N–H and O–H groups in total. The van der Waals surface area contributed by atoms with E-state index in [0.717, 1.165) is 19.3 Å². The second-order valence-electron chi connectivity index (χ2n) is 9.98. The molecule has 0 saturated carbocycles. The predicted octanol–water partition coefficient (Wildman–Crippen LogP) is 3.02. The summed E-state index contributed by atoms with van der Waals surface area (Å²) in [6.07, 6.45) is 3.15. The lowest BCUT2D eigenvalue weighted by Crippen LogP contribution is -2.49. The summed E-state index contributed by atoms with van der Waals surface area (Å²) in [5.74, 6) is 0.269. The Morgan fingerprint density at radius 1 is 1.00 bits per heavy atom. The summed E-state index contributed by atoms with van der Waals surface area (Å²) in [7, 11) is -3.01. The Bertz CT molecular complexity index is 598. The van der Waals surface area contributed by atoms with Gasteiger partial charge in [-0.15, -0.1) is 0 Å². The van der Waals surface area contributed by atoms with Gasteiger partial charge in [0.1, 0.15) is 0 Å². The molecule has 0 aliphatic carbocycles. The van der Waals surface area contributed by atoms with E-state index in [0.29, 0.717) is 45.8 Å². The summed E-state index contributed by atoms with van der Waals surface area (Å²) in [6, 6.07) is 0. The Kier molecular flexibility index (Phi) is 9.64. The number of guanidine groups is 1. The molecule has 1 unspecified atom stereocenters. The third-order valence-electron chi connectivity index (χ3n) is 4.84. The highest BCUT2D eigenvalue weighted by atomic mass is 31.2. The monoisotopic (exact) mass is 431 g/mol. The molecule has 0 spiro atoms. The van der Waals surface area contributed by atoms with Gasteiger partial charge in [-0.1, -0.05) is 27.2 Å². The van der Waals surface area contributed by atoms with Crippen molar-refractivity contribution in [2.24, 2.45) is 21.9 Å². The first kappa shape index (κ1) is 25.9. The number of amides is 1. The molecule has 0 radical (unpaired) electrons. The van der Waals surface area contributed by atoms with Crippen LogP contribution in [0.5, 0.6) is 0 Å². The molecule has 1 heterocycles. The Morgan fingerprint density at radius 3 is 2.07 bits per heavy atom. The molecule has 170 valence electrons. The summed E-state index contributed by atoms with van der Waals surface area (Å²) in [4.78, 5) is 18.3. The van der Waals surface area contributed by atoms with Crippen molar-refractivity contribution in [3.63, 3.8) is 0 Å². The molecule has 8 nitrogen and oxygen atoms in total. The molecule has 0 aromatic carbocycles. The zero-order valence-corrected chi connectivity index (χ0v) is 20.1. The summed E-state index contributed by atoms with van der Waals surface area (Å²) in [5.41, 5.74) is 10.5. The smallest absolute Gasteiger partial charge is 0.277 e. The molecule has 1 fully saturated rings. The van der Waals surface area contributed by atoms with Crippen LogP contribution >= 0.6 is 7.52 Å². The highest BCUT2D eigenvalue weighted by Gasteiger charge is 2.45. The fourth-order valence-electron chi connectivity index (χ4n) is 3.12. The van der Waals surface area contributed by atoms with Gasteiger partial charge in [0.15, 0.2) is 5.96 Å². The van der Waals surface area contributed by atoms with Crippen LogP contribution in [0.1, 0.15) is 67.2 Å². The maximum atomic E-state index is 13.8. The van der Waals surface area contributed by atoms with E-state index in [1.807, 2.05) is 30.3 Å². The van der Waals surface area contributed by atoms with Crippen molar-refractivity contribution in [2.45, 2.75) is 72.4 Å². The van der Waals surface area contributed by atoms with Crippen LogP contribution in [0.2, 0.25) is 0 Å². The average molecular weight is 432 g/mol. The number of rotatable bonds is 9. The lowest BCUT2D eigenvalue weighted by Gasteiger charge is -2.44. The molecule has 29 heavy (non-hydrogen) atoms. The van der Waals surface area contributed by atoms with E-state index in [9.17, 15) is 9.36 Å². The Balaban J connectivity index is 2.52. The lowest BCUT2D eigenvalue weighted by molar-refractivity contribution is -0.132. The minimum Gasteiger partial charge on any atom is -0.370 e. The fourth-order valence-corrected chi connectivity index (χ4v) is 5.79. The van der Waals surface area contributed by atoms with E-state index in [-0.39, 0.29) is 17.3 Å². The van der Waals surface area contributed by atoms with Crippen molar-refractivity contribution in [3.8, 4) is 0 Å². The maximum Gasteiger partial charge on any atom is 0.277 e. The van der Waals surface area contributed by atoms with Gasteiger partial charge in [-0.3, -0.25) is 14.4 Å². The number of unbranched alkanes of at least 4 members (excludes halogenated alkanes) is 2. The molecule has 1 aliphatic heterocycles. The standard InChI is InChI=1S/C20H42N5O3P/c1-19(2,3)16-28-29(27,20(4,5)6)25-14-12-24(13-15-25)17(26)10-8-7-9-11-23-18(21)22/h7-16H2,1-6H3,(H4,21,22,23). The van der Waals surface area contributed by atoms with Crippen LogP contribution in [0.25, 0.3) is 0 Å². The van der Waals surface area contributed by atoms with Crippen LogP contribution in [-0.2, 0) is 13.9 Å². The van der Waals surface area contributed by atoms with Gasteiger partial charge in [0.05, 0.1) is 11.8 Å². The van der Waals surface area contributed by atoms with Crippen LogP contribution in [0.15, 0.2) is 4.99 Å². The van der Waals surface area contributed by atoms with Gasteiger partial charge in [0.2, 0.25) is 5.91 Å². The third kappa shape index (κ3) is 8.65. The Morgan fingerprint density at radius 2 is 1.59 bits per heavy atom. The molecule has 1 rings (SSSR count). The van der Waals surface area contributed by atoms with Crippen molar-refractivity contribution in [1.29, 1.82) is 0 Å². The first-order chi connectivity index (χ1) is 13.3. The quantitative estimate of drug-likeness (QED) is 0.251. The second kappa shape index (κ2) is 10.8. The van der Waals surface area contributed by atoms with E-state index in [1.54, 1.807) is 0 Å². The first-order valence-corrected chi connectivity index (χ1v) is 12.2. The maximum absolute atomic E-state index is 13.8. The van der Waals surface area contributed by atoms with Gasteiger partial charge in [0.25, 0.3) is 7.52 Å². The van der Waals surface area contributed by atoms with Gasteiger partial charge in [0, 0.05) is 39.1 Å². The third-order valence-corrected chi connectivity index (χ3v) is 8.16. The molecule has 1 saturated heterocycles.